The molecule has 2 aromatic heterocycles. The lowest BCUT2D eigenvalue weighted by atomic mass is 9.94. The van der Waals surface area contributed by atoms with Gasteiger partial charge in [0.25, 0.3) is 0 Å². The summed E-state index contributed by atoms with van der Waals surface area (Å²) >= 11 is 0. The quantitative estimate of drug-likeness (QED) is 0.0271. The van der Waals surface area contributed by atoms with Gasteiger partial charge in [-0.2, -0.15) is 29.9 Å². The lowest BCUT2D eigenvalue weighted by Gasteiger charge is -2.31. The van der Waals surface area contributed by atoms with Crippen molar-refractivity contribution in [2.75, 3.05) is 56.4 Å². The van der Waals surface area contributed by atoms with Crippen molar-refractivity contribution < 1.29 is 94.3 Å². The second-order valence-electron chi connectivity index (χ2n) is 26.1. The number of aromatic carboxylic acids is 2. The van der Waals surface area contributed by atoms with Crippen LogP contribution in [0.1, 0.15) is 98.4 Å². The van der Waals surface area contributed by atoms with E-state index in [1.165, 1.54) is 172 Å². The van der Waals surface area contributed by atoms with Crippen LogP contribution in [-0.4, -0.2) is 202 Å². The van der Waals surface area contributed by atoms with E-state index in [2.05, 4.69) is 30.6 Å². The molecule has 8 aromatic rings. The minimum absolute atomic E-state index is 0.00263. The number of carboxylic acid groups (broad SMARTS) is 2. The van der Waals surface area contributed by atoms with E-state index in [1.807, 2.05) is 0 Å². The van der Waals surface area contributed by atoms with Gasteiger partial charge in [-0.1, -0.05) is 36.4 Å². The summed E-state index contributed by atoms with van der Waals surface area (Å²) in [6.07, 6.45) is -11.2. The summed E-state index contributed by atoms with van der Waals surface area (Å²) in [6.45, 7) is 9.38. The number of carboxylic acids is 2. The van der Waals surface area contributed by atoms with Crippen LogP contribution in [0, 0.1) is 0 Å². The van der Waals surface area contributed by atoms with Crippen molar-refractivity contribution in [2.45, 2.75) is 149 Å². The molecule has 36 nitrogen and oxygen atoms in total. The van der Waals surface area contributed by atoms with Gasteiger partial charge < -0.3 is 81.3 Å². The summed E-state index contributed by atoms with van der Waals surface area (Å²) in [4.78, 5) is 58.9. The highest BCUT2D eigenvalue weighted by molar-refractivity contribution is 7.90. The zero-order chi connectivity index (χ0) is 80.0. The monoisotopic (exact) mass is 1570 g/mol. The Hall–Kier alpha value is -9.60. The first kappa shape index (κ1) is 84.0. The van der Waals surface area contributed by atoms with Crippen LogP contribution in [0.5, 0.6) is 0 Å². The van der Waals surface area contributed by atoms with Gasteiger partial charge in [0.2, 0.25) is 75.8 Å². The van der Waals surface area contributed by atoms with Crippen LogP contribution in [0.25, 0.3) is 11.1 Å². The molecule has 0 fully saturated rings. The Morgan fingerprint density at radius 1 is 0.352 bits per heavy atom. The first-order chi connectivity index (χ1) is 50.3. The standard InChI is InChI=1S/C68H86N16O20S4/c1-35(85)25-49-53(13-9-17-57(49)105(69,97)98)81(31-39(5)89)65-75-63(76-66(79-65)82(32-40(6)90)54-14-10-18-58(106(70,99)100)50(54)26-36(2)86)73-43-21-23-45(47(29-43)61(93)94)46-24-22-44(30-48(46)62(95)96)74-64-77-67(83(33-41(7)91)55-15-11-19-59(107(71,101)102)51(55)27-37(3)87)80-68(78-64)84(34-42(8)92)56-16-12-20-60(108(72,103)104)52(56)28-38(4)88/h9-24,29-30,35-42,85-92H,25-28,31-34H2,1-8H3,(H,93,94)(H,95,96)(H2,69,97,98)(H2,70,99,100)(H2,71,101,102)(H2,72,103,104)(H,73,75,76,79)(H,74,77,78,80). The molecule has 0 aliphatic carbocycles. The molecular weight excluding hydrogens is 1490 g/mol. The third-order valence-electron chi connectivity index (χ3n) is 16.1. The van der Waals surface area contributed by atoms with Gasteiger partial charge in [-0.3, -0.25) is 0 Å². The van der Waals surface area contributed by atoms with E-state index >= 15 is 0 Å². The molecule has 40 heteroatoms. The number of aliphatic hydroxyl groups is 8. The maximum absolute atomic E-state index is 13.6. The number of primary sulfonamides is 4. The number of benzene rings is 6. The molecule has 108 heavy (non-hydrogen) atoms. The average Bonchev–Trinajstić information content (AvgIpc) is 0.782. The molecule has 8 rings (SSSR count). The predicted octanol–water partition coefficient (Wildman–Crippen LogP) is 2.97. The van der Waals surface area contributed by atoms with Crippen LogP contribution < -0.4 is 50.8 Å². The topological polar surface area (TPSA) is 591 Å². The molecule has 0 amide bonds. The Bertz CT molecular complexity index is 4570. The van der Waals surface area contributed by atoms with Crippen molar-refractivity contribution >= 4 is 122 Å². The van der Waals surface area contributed by atoms with Crippen LogP contribution in [0.3, 0.4) is 0 Å². The zero-order valence-corrected chi connectivity index (χ0v) is 62.9. The molecule has 8 atom stereocenters. The number of nitrogens with one attached hydrogen (secondary N) is 2. The van der Waals surface area contributed by atoms with Gasteiger partial charge in [-0.05, 0) is 162 Å². The molecule has 0 aliphatic heterocycles. The molecule has 0 bridgehead atoms. The second kappa shape index (κ2) is 34.3. The molecule has 6 aromatic carbocycles. The maximum Gasteiger partial charge on any atom is 0.336 e. The van der Waals surface area contributed by atoms with Crippen molar-refractivity contribution in [3.8, 4) is 11.1 Å². The Labute approximate surface area is 622 Å². The summed E-state index contributed by atoms with van der Waals surface area (Å²) in [5, 5.41) is 139. The minimum Gasteiger partial charge on any atom is -0.478 e. The van der Waals surface area contributed by atoms with E-state index in [0.29, 0.717) is 0 Å². The zero-order valence-electron chi connectivity index (χ0n) is 59.6. The number of nitrogens with zero attached hydrogens (tertiary/aromatic N) is 10. The second-order valence-corrected chi connectivity index (χ2v) is 32.3. The first-order valence-corrected chi connectivity index (χ1v) is 39.4. The van der Waals surface area contributed by atoms with Gasteiger partial charge in [-0.25, -0.2) is 63.8 Å². The molecule has 2 heterocycles. The lowest BCUT2D eigenvalue weighted by molar-refractivity contribution is 0.0684. The number of carbonyl (C=O) groups is 2. The highest BCUT2D eigenvalue weighted by Gasteiger charge is 2.33. The summed E-state index contributed by atoms with van der Waals surface area (Å²) in [7, 11) is -18.1. The molecule has 0 spiro atoms. The van der Waals surface area contributed by atoms with Crippen LogP contribution in [0.4, 0.5) is 69.8 Å². The fourth-order valence-electron chi connectivity index (χ4n) is 12.1. The molecule has 0 saturated heterocycles. The Balaban J connectivity index is 1.33. The molecule has 20 N–H and O–H groups in total. The Morgan fingerprint density at radius 3 is 0.759 bits per heavy atom. The van der Waals surface area contributed by atoms with Crippen molar-refractivity contribution in [2.24, 2.45) is 20.6 Å². The van der Waals surface area contributed by atoms with Crippen molar-refractivity contribution in [3.05, 3.63) is 143 Å². The fourth-order valence-corrected chi connectivity index (χ4v) is 15.3. The highest BCUT2D eigenvalue weighted by Crippen LogP contribution is 2.41. The van der Waals surface area contributed by atoms with Crippen LogP contribution in [0.15, 0.2) is 129 Å². The number of sulfonamides is 4. The Morgan fingerprint density at radius 2 is 0.574 bits per heavy atom. The van der Waals surface area contributed by atoms with Gasteiger partial charge in [0.1, 0.15) is 0 Å². The molecule has 582 valence electrons. The van der Waals surface area contributed by atoms with Gasteiger partial charge in [0.05, 0.1) is 106 Å². The van der Waals surface area contributed by atoms with Crippen LogP contribution in [0.2, 0.25) is 0 Å². The van der Waals surface area contributed by atoms with Crippen LogP contribution >= 0.6 is 0 Å². The number of rotatable bonds is 35. The summed E-state index contributed by atoms with van der Waals surface area (Å²) in [5.41, 5.74) is -1.88. The molecule has 0 saturated carbocycles. The fraction of sp³-hybridized carbons (Fsp3) is 0.353. The predicted molar refractivity (Wildman–Crippen MR) is 400 cm³/mol. The number of hydrogen-bond donors (Lipinski definition) is 16. The summed E-state index contributed by atoms with van der Waals surface area (Å²) in [5.74, 6) is -5.65. The van der Waals surface area contributed by atoms with E-state index in [4.69, 9.17) is 30.5 Å². The molecule has 8 unspecified atom stereocenters. The molecular formula is C68H86N16O20S4. The number of anilines is 12. The SMILES string of the molecule is CC(O)Cc1c(N(CC(C)O)c2nc(Nc3ccc(-c4ccc(Nc5nc(N(CC(C)O)c6cccc(S(N)(=O)=O)c6CC(C)O)nc(N(CC(C)O)c6cccc(S(N)(=O)=O)c6CC(C)O)n5)cc4C(=O)O)c(C(=O)O)c3)nc(N(CC(C)O)c3cccc(S(N)(=O)=O)c3CC(C)O)n2)cccc1S(N)(=O)=O. The normalized spacial score (nSPS) is 14.4. The molecule has 0 aliphatic rings. The van der Waals surface area contributed by atoms with Gasteiger partial charge in [-0.15, -0.1) is 0 Å². The van der Waals surface area contributed by atoms with E-state index in [-0.39, 0.29) is 117 Å². The highest BCUT2D eigenvalue weighted by atomic mass is 32.2. The van der Waals surface area contributed by atoms with Gasteiger partial charge in [0, 0.05) is 59.8 Å². The summed E-state index contributed by atoms with van der Waals surface area (Å²) < 4.78 is 106. The third-order valence-corrected chi connectivity index (χ3v) is 20.1. The number of hydrogen-bond acceptors (Lipinski definition) is 30. The third kappa shape index (κ3) is 21.0. The van der Waals surface area contributed by atoms with Gasteiger partial charge >= 0.3 is 11.9 Å². The largest absolute Gasteiger partial charge is 0.478 e. The van der Waals surface area contributed by atoms with E-state index in [0.717, 1.165) is 12.1 Å². The van der Waals surface area contributed by atoms with E-state index in [1.54, 1.807) is 0 Å². The number of nitrogens with two attached hydrogens (primary N) is 4. The van der Waals surface area contributed by atoms with Crippen molar-refractivity contribution in [1.29, 1.82) is 0 Å². The number of aromatic nitrogens is 6. The van der Waals surface area contributed by atoms with Crippen LogP contribution in [-0.2, 0) is 65.8 Å². The van der Waals surface area contributed by atoms with Crippen molar-refractivity contribution in [1.82, 2.24) is 29.9 Å². The maximum atomic E-state index is 13.6. The van der Waals surface area contributed by atoms with Crippen molar-refractivity contribution in [3.63, 3.8) is 0 Å². The van der Waals surface area contributed by atoms with Gasteiger partial charge in [0.15, 0.2) is 0 Å². The lowest BCUT2D eigenvalue weighted by Crippen LogP contribution is -2.33. The van der Waals surface area contributed by atoms with E-state index < -0.39 is 170 Å². The number of aliphatic hydroxyl groups excluding tert-OH is 8. The van der Waals surface area contributed by atoms with E-state index in [9.17, 15) is 94.3 Å². The average molecular weight is 1580 g/mol. The Kier molecular flexibility index (Phi) is 26.7. The summed E-state index contributed by atoms with van der Waals surface area (Å²) in [6, 6.07) is 23.2. The first-order valence-electron chi connectivity index (χ1n) is 33.3. The molecule has 0 radical (unpaired) electrons. The minimum atomic E-state index is -4.53. The smallest absolute Gasteiger partial charge is 0.336 e.